The number of halogens is 1. The fourth-order valence-electron chi connectivity index (χ4n) is 10.6. The molecule has 5 atom stereocenters. The van der Waals surface area contributed by atoms with E-state index < -0.39 is 196 Å². The van der Waals surface area contributed by atoms with Gasteiger partial charge in [0.1, 0.15) is 30.2 Å². The van der Waals surface area contributed by atoms with E-state index in [-0.39, 0.29) is 116 Å². The van der Waals surface area contributed by atoms with Crippen LogP contribution in [-0.4, -0.2) is 271 Å². The van der Waals surface area contributed by atoms with Gasteiger partial charge >= 0.3 is 35.9 Å². The number of carbonyl (C=O) groups is 15. The second-order valence-corrected chi connectivity index (χ2v) is 30.2. The maximum Gasteiger partial charge on any atom is 0.326 e. The number of rotatable bonds is 40. The topological polar surface area (TPSA) is 536 Å². The smallest absolute Gasteiger partial charge is 0.326 e. The van der Waals surface area contributed by atoms with E-state index >= 15 is 4.11 Å². The molecule has 8 amide bonds. The van der Waals surface area contributed by atoms with E-state index in [1.807, 2.05) is 10.6 Å². The molecular formula is C60H92FN12O23Si-3. The first-order valence-electron chi connectivity index (χ1n) is 31.4. The lowest BCUT2D eigenvalue weighted by molar-refractivity contribution is -0.308. The number of urea groups is 1. The van der Waals surface area contributed by atoms with E-state index in [4.69, 9.17) is 5.11 Å². The summed E-state index contributed by atoms with van der Waals surface area (Å²) in [6, 6.07) is -3.64. The number of hydrogen-bond donors (Lipinski definition) is 13. The predicted octanol–water partition coefficient (Wildman–Crippen LogP) is -5.95. The van der Waals surface area contributed by atoms with Gasteiger partial charge in [-0.2, -0.15) is 0 Å². The molecule has 544 valence electrons. The van der Waals surface area contributed by atoms with Crippen molar-refractivity contribution < 1.29 is 117 Å². The zero-order valence-electron chi connectivity index (χ0n) is 55.3. The molecule has 0 bridgehead atoms. The number of amides is 8. The average Bonchev–Trinajstić information content (AvgIpc) is 0.749. The van der Waals surface area contributed by atoms with Gasteiger partial charge in [0.25, 0.3) is 14.3 Å². The van der Waals surface area contributed by atoms with E-state index in [2.05, 4.69) is 31.9 Å². The van der Waals surface area contributed by atoms with Gasteiger partial charge in [0, 0.05) is 123 Å². The van der Waals surface area contributed by atoms with Gasteiger partial charge in [-0.1, -0.05) is 53.7 Å². The number of carbonyl (C=O) groups excluding carboxylic acids is 10. The molecule has 1 saturated heterocycles. The number of carboxylic acids is 8. The summed E-state index contributed by atoms with van der Waals surface area (Å²) in [5, 5.41) is 99.8. The molecule has 13 N–H and O–H groups in total. The molecule has 1 aliphatic rings. The summed E-state index contributed by atoms with van der Waals surface area (Å²) in [6.07, 6.45) is -3.05. The number of benzene rings is 1. The van der Waals surface area contributed by atoms with Crippen LogP contribution in [0.15, 0.2) is 24.3 Å². The molecule has 0 aromatic heterocycles. The Kier molecular flexibility index (Phi) is 35.8. The minimum atomic E-state index is -3.79. The van der Waals surface area contributed by atoms with Gasteiger partial charge in [-0.05, 0) is 72.3 Å². The lowest BCUT2D eigenvalue weighted by Crippen LogP contribution is -2.58. The molecule has 37 heteroatoms. The second-order valence-electron chi connectivity index (χ2n) is 25.4. The Balaban J connectivity index is 2.09. The lowest BCUT2D eigenvalue weighted by Gasteiger charge is -2.44. The van der Waals surface area contributed by atoms with Crippen LogP contribution in [0.1, 0.15) is 123 Å². The Morgan fingerprint density at radius 2 is 0.825 bits per heavy atom. The Bertz CT molecular complexity index is 2870. The van der Waals surface area contributed by atoms with Crippen LogP contribution in [0.25, 0.3) is 0 Å². The Hall–Kier alpha value is -8.94. The zero-order chi connectivity index (χ0) is 73.4. The van der Waals surface area contributed by atoms with Gasteiger partial charge in [-0.3, -0.25) is 53.2 Å². The number of carboxylic acid groups (broad SMARTS) is 8. The van der Waals surface area contributed by atoms with E-state index in [9.17, 15) is 108 Å². The SMILES string of the molecule is CC(C)(C)[Si](F)(c1ccc(C(=O)N[C@@H](CNC(=O)CN2CCN(CC(=O)[O-])CCN(CC(=O)[O-])CCN(CC(=O)[O-])CC2)C(=O)N[C@@H](CCCCNC(=O)CCC(=O)NCCC[C@H](NC(=O)CC[C@H](NC(=O)N[C@@H](CCC(=O)O)C(=O)O)C(=O)O)C(=O)O)C(=O)O)cc1)C(C)(C)C. The summed E-state index contributed by atoms with van der Waals surface area (Å²) < 4.78 is 17.2. The Morgan fingerprint density at radius 1 is 0.443 bits per heavy atom. The molecule has 1 heterocycles. The van der Waals surface area contributed by atoms with Crippen LogP contribution in [0.4, 0.5) is 8.90 Å². The Morgan fingerprint density at radius 3 is 1.23 bits per heavy atom. The van der Waals surface area contributed by atoms with Gasteiger partial charge in [0.05, 0.1) is 24.5 Å². The van der Waals surface area contributed by atoms with Crippen molar-refractivity contribution in [1.29, 1.82) is 0 Å². The van der Waals surface area contributed by atoms with Crippen molar-refractivity contribution in [2.45, 2.75) is 152 Å². The van der Waals surface area contributed by atoms with E-state index in [0.29, 0.717) is 5.19 Å². The van der Waals surface area contributed by atoms with Gasteiger partial charge < -0.3 is 102 Å². The van der Waals surface area contributed by atoms with Gasteiger partial charge in [0.15, 0.2) is 0 Å². The van der Waals surface area contributed by atoms with Crippen molar-refractivity contribution in [3.63, 3.8) is 0 Å². The quantitative estimate of drug-likeness (QED) is 0.0165. The maximum atomic E-state index is 17.2. The summed E-state index contributed by atoms with van der Waals surface area (Å²) in [5.41, 5.74) is -0.00875. The van der Waals surface area contributed by atoms with Crippen LogP contribution < -0.4 is 63.0 Å². The van der Waals surface area contributed by atoms with Crippen LogP contribution in [0, 0.1) is 0 Å². The maximum absolute atomic E-state index is 17.2. The van der Waals surface area contributed by atoms with E-state index in [0.717, 1.165) is 0 Å². The largest absolute Gasteiger partial charge is 0.549 e. The van der Waals surface area contributed by atoms with Crippen LogP contribution in [0.2, 0.25) is 10.1 Å². The number of aliphatic carboxylic acids is 8. The van der Waals surface area contributed by atoms with Gasteiger partial charge in [0.2, 0.25) is 29.5 Å². The second kappa shape index (κ2) is 41.2. The number of nitrogens with one attached hydrogen (secondary N) is 8. The number of unbranched alkanes of at least 4 members (excludes halogenated alkanes) is 1. The first-order chi connectivity index (χ1) is 45.2. The predicted molar refractivity (Wildman–Crippen MR) is 336 cm³/mol. The molecule has 0 saturated carbocycles. The molecule has 0 unspecified atom stereocenters. The van der Waals surface area contributed by atoms with Crippen LogP contribution >= 0.6 is 0 Å². The first-order valence-corrected chi connectivity index (χ1v) is 33.3. The molecule has 35 nitrogen and oxygen atoms in total. The van der Waals surface area contributed by atoms with Crippen molar-refractivity contribution in [2.75, 3.05) is 98.2 Å². The molecule has 0 radical (unpaired) electrons. The van der Waals surface area contributed by atoms with E-state index in [1.54, 1.807) is 46.4 Å². The molecule has 1 fully saturated rings. The average molecular weight is 1400 g/mol. The van der Waals surface area contributed by atoms with Crippen molar-refractivity contribution >= 4 is 103 Å². The molecule has 0 aliphatic carbocycles. The number of hydrogen-bond acceptors (Lipinski definition) is 22. The molecular weight excluding hydrogens is 1300 g/mol. The molecule has 1 aromatic rings. The fraction of sp³-hybridized carbons (Fsp3) is 0.650. The fourth-order valence-corrected chi connectivity index (χ4v) is 15.2. The zero-order valence-corrected chi connectivity index (χ0v) is 56.3. The van der Waals surface area contributed by atoms with E-state index in [1.165, 1.54) is 39.0 Å². The van der Waals surface area contributed by atoms with Crippen LogP contribution in [-0.2, 0) is 62.3 Å². The molecule has 2 rings (SSSR count). The van der Waals surface area contributed by atoms with Crippen molar-refractivity contribution in [1.82, 2.24) is 62.1 Å². The monoisotopic (exact) mass is 1400 g/mol. The third kappa shape index (κ3) is 32.1. The summed E-state index contributed by atoms with van der Waals surface area (Å²) in [5.74, 6) is -16.5. The minimum absolute atomic E-state index is 0.000188. The molecule has 0 spiro atoms. The van der Waals surface area contributed by atoms with Crippen molar-refractivity contribution in [2.24, 2.45) is 0 Å². The summed E-state index contributed by atoms with van der Waals surface area (Å²) in [6.45, 7) is 8.26. The van der Waals surface area contributed by atoms with Crippen molar-refractivity contribution in [3.05, 3.63) is 29.8 Å². The highest BCUT2D eigenvalue weighted by atomic mass is 28.4. The summed E-state index contributed by atoms with van der Waals surface area (Å²) >= 11 is 0. The molecule has 97 heavy (non-hydrogen) atoms. The number of nitrogens with zero attached hydrogens (tertiary/aromatic N) is 4. The molecule has 1 aliphatic heterocycles. The third-order valence-corrected chi connectivity index (χ3v) is 20.9. The van der Waals surface area contributed by atoms with Crippen LogP contribution in [0.3, 0.4) is 0 Å². The first kappa shape index (κ1) is 84.1. The lowest BCUT2D eigenvalue weighted by atomic mass is 10.1. The highest BCUT2D eigenvalue weighted by Crippen LogP contribution is 2.51. The van der Waals surface area contributed by atoms with Crippen LogP contribution in [0.5, 0.6) is 0 Å². The van der Waals surface area contributed by atoms with Gasteiger partial charge in [-0.15, -0.1) is 0 Å². The standard InChI is InChI=1S/C60H95FN12O23Si/c1-59(2,3)97(61,60(4,5)6)38-14-12-37(13-15-38)52(86)67-43(32-64-47(77)33-70-24-26-71(34-49(80)81)28-30-73(36-51(84)85)31-29-72(27-25-70)35-50(82)83)53(87)66-40(55(90)91)10-7-8-22-62-44(74)19-20-45(75)63-23-9-11-39(54(88)89)65-46(76)18-16-41(56(92)93)68-58(96)69-42(57(94)95)17-21-48(78)79/h12-15,39-43H,7-11,16-36H2,1-6H3,(H,62,74)(H,63,75)(H,64,77)(H,65,76)(H,66,87)(H,67,86)(H,78,79)(H,80,81)(H,82,83)(H,84,85)(H,88,89)(H,90,91)(H,92,93)(H,94,95)(H2,68,69,96)/p-3/t39-,40-,41-,42-,43-/m0/s1. The highest BCUT2D eigenvalue weighted by molar-refractivity contribution is 6.90. The summed E-state index contributed by atoms with van der Waals surface area (Å²) in [7, 11) is -3.79. The highest BCUT2D eigenvalue weighted by Gasteiger charge is 2.56. The summed E-state index contributed by atoms with van der Waals surface area (Å²) in [4.78, 5) is 191. The van der Waals surface area contributed by atoms with Crippen molar-refractivity contribution in [3.8, 4) is 0 Å². The minimum Gasteiger partial charge on any atom is -0.549 e. The third-order valence-electron chi connectivity index (χ3n) is 15.7. The normalized spacial score (nSPS) is 15.5. The Labute approximate surface area is 560 Å². The molecule has 1 aromatic carbocycles. The van der Waals surface area contributed by atoms with Gasteiger partial charge in [-0.25, -0.2) is 24.0 Å².